The van der Waals surface area contributed by atoms with Gasteiger partial charge in [0.1, 0.15) is 17.7 Å². The zero-order valence-electron chi connectivity index (χ0n) is 16.0. The van der Waals surface area contributed by atoms with E-state index >= 15 is 0 Å². The van der Waals surface area contributed by atoms with E-state index in [0.29, 0.717) is 55.1 Å². The Kier molecular flexibility index (Phi) is 5.83. The van der Waals surface area contributed by atoms with E-state index in [1.165, 1.54) is 12.1 Å². The van der Waals surface area contributed by atoms with Gasteiger partial charge in [-0.2, -0.15) is 0 Å². The highest BCUT2D eigenvalue weighted by Crippen LogP contribution is 2.33. The van der Waals surface area contributed by atoms with Crippen LogP contribution in [0.15, 0.2) is 67.0 Å². The van der Waals surface area contributed by atoms with Crippen molar-refractivity contribution in [3.05, 3.63) is 95.3 Å². The summed E-state index contributed by atoms with van der Waals surface area (Å²) in [6.45, 7) is 3.10. The van der Waals surface area contributed by atoms with Gasteiger partial charge >= 0.3 is 0 Å². The molecule has 1 saturated heterocycles. The van der Waals surface area contributed by atoms with Crippen molar-refractivity contribution >= 4 is 5.69 Å². The molecule has 1 aliphatic rings. The molecule has 0 spiro atoms. The van der Waals surface area contributed by atoms with Crippen molar-refractivity contribution in [3.63, 3.8) is 0 Å². The average molecular weight is 395 g/mol. The molecular formula is C23H23F2N3O. The van der Waals surface area contributed by atoms with E-state index in [0.717, 1.165) is 0 Å². The van der Waals surface area contributed by atoms with Gasteiger partial charge in [-0.15, -0.1) is 0 Å². The fourth-order valence-electron chi connectivity index (χ4n) is 3.80. The molecule has 0 radical (unpaired) electrons. The molecular weight excluding hydrogens is 372 g/mol. The zero-order chi connectivity index (χ0) is 20.2. The van der Waals surface area contributed by atoms with Crippen molar-refractivity contribution in [1.29, 1.82) is 0 Å². The molecule has 2 aromatic carbocycles. The van der Waals surface area contributed by atoms with Crippen LogP contribution < -0.4 is 4.90 Å². The third kappa shape index (κ3) is 4.28. The number of aliphatic hydroxyl groups is 1. The lowest BCUT2D eigenvalue weighted by Gasteiger charge is -2.37. The molecule has 0 unspecified atom stereocenters. The number of nitrogens with zero attached hydrogens (tertiary/aromatic N) is 3. The molecule has 0 aliphatic carbocycles. The molecule has 4 rings (SSSR count). The number of rotatable bonds is 5. The highest BCUT2D eigenvalue weighted by Gasteiger charge is 2.25. The Morgan fingerprint density at radius 2 is 1.66 bits per heavy atom. The summed E-state index contributed by atoms with van der Waals surface area (Å²) in [7, 11) is 0. The first kappa shape index (κ1) is 19.5. The van der Waals surface area contributed by atoms with Gasteiger partial charge in [0.05, 0.1) is 5.69 Å². The van der Waals surface area contributed by atoms with Crippen LogP contribution in [0.4, 0.5) is 14.5 Å². The minimum atomic E-state index is -0.953. The second-order valence-electron chi connectivity index (χ2n) is 7.22. The number of piperazine rings is 1. The van der Waals surface area contributed by atoms with Crippen molar-refractivity contribution in [3.8, 4) is 0 Å². The molecule has 0 saturated carbocycles. The van der Waals surface area contributed by atoms with Crippen LogP contribution in [0.3, 0.4) is 0 Å². The summed E-state index contributed by atoms with van der Waals surface area (Å²) in [5, 5.41) is 10.8. The van der Waals surface area contributed by atoms with Gasteiger partial charge in [-0.3, -0.25) is 9.88 Å². The van der Waals surface area contributed by atoms with Crippen LogP contribution in [0.1, 0.15) is 22.8 Å². The van der Waals surface area contributed by atoms with Gasteiger partial charge < -0.3 is 10.0 Å². The summed E-state index contributed by atoms with van der Waals surface area (Å²) in [6, 6.07) is 15.1. The molecule has 29 heavy (non-hydrogen) atoms. The summed E-state index contributed by atoms with van der Waals surface area (Å²) in [5.41, 5.74) is 2.24. The van der Waals surface area contributed by atoms with E-state index < -0.39 is 6.10 Å². The quantitative estimate of drug-likeness (QED) is 0.714. The summed E-state index contributed by atoms with van der Waals surface area (Å²) in [5.74, 6) is -0.557. The number of benzene rings is 2. The van der Waals surface area contributed by atoms with Crippen molar-refractivity contribution < 1.29 is 13.9 Å². The van der Waals surface area contributed by atoms with Gasteiger partial charge in [0.15, 0.2) is 0 Å². The summed E-state index contributed by atoms with van der Waals surface area (Å²) in [4.78, 5) is 8.17. The number of aliphatic hydroxyl groups excluding tert-OH is 1. The molecule has 2 heterocycles. The molecule has 3 aromatic rings. The highest BCUT2D eigenvalue weighted by atomic mass is 19.1. The molecule has 1 aliphatic heterocycles. The molecule has 4 nitrogen and oxygen atoms in total. The van der Waals surface area contributed by atoms with Crippen molar-refractivity contribution in [2.45, 2.75) is 12.6 Å². The molecule has 0 amide bonds. The van der Waals surface area contributed by atoms with E-state index in [9.17, 15) is 13.9 Å². The second-order valence-corrected chi connectivity index (χ2v) is 7.22. The SMILES string of the molecule is O[C@@H](c1cccnc1)c1cccc(F)c1N1CCN(Cc2ccccc2F)CC1. The maximum Gasteiger partial charge on any atom is 0.146 e. The van der Waals surface area contributed by atoms with Crippen LogP contribution in [0.25, 0.3) is 0 Å². The van der Waals surface area contributed by atoms with E-state index in [-0.39, 0.29) is 11.6 Å². The average Bonchev–Trinajstić information content (AvgIpc) is 2.76. The van der Waals surface area contributed by atoms with E-state index in [4.69, 9.17) is 0 Å². The maximum atomic E-state index is 14.8. The standard InChI is InChI=1S/C23H23F2N3O/c24-20-8-2-1-5-18(20)16-27-11-13-28(14-12-27)22-19(7-3-9-21(22)25)23(29)17-6-4-10-26-15-17/h1-10,15,23,29H,11-14,16H2/t23-/m0/s1. The molecule has 150 valence electrons. The normalized spacial score (nSPS) is 16.0. The van der Waals surface area contributed by atoms with Crippen LogP contribution >= 0.6 is 0 Å². The summed E-state index contributed by atoms with van der Waals surface area (Å²) < 4.78 is 28.7. The van der Waals surface area contributed by atoms with Crippen molar-refractivity contribution in [1.82, 2.24) is 9.88 Å². The molecule has 0 bridgehead atoms. The first-order valence-corrected chi connectivity index (χ1v) is 9.70. The maximum absolute atomic E-state index is 14.8. The number of hydrogen-bond donors (Lipinski definition) is 1. The van der Waals surface area contributed by atoms with Gasteiger partial charge in [0, 0.05) is 61.8 Å². The minimum Gasteiger partial charge on any atom is -0.384 e. The molecule has 1 aromatic heterocycles. The predicted octanol–water partition coefficient (Wildman–Crippen LogP) is 3.76. The highest BCUT2D eigenvalue weighted by molar-refractivity contribution is 5.58. The van der Waals surface area contributed by atoms with Gasteiger partial charge in [-0.1, -0.05) is 36.4 Å². The van der Waals surface area contributed by atoms with Crippen LogP contribution in [0, 0.1) is 11.6 Å². The topological polar surface area (TPSA) is 39.6 Å². The Bertz CT molecular complexity index is 959. The Morgan fingerprint density at radius 1 is 0.897 bits per heavy atom. The fraction of sp³-hybridized carbons (Fsp3) is 0.261. The molecule has 1 N–H and O–H groups in total. The zero-order valence-corrected chi connectivity index (χ0v) is 16.0. The third-order valence-electron chi connectivity index (χ3n) is 5.35. The Labute approximate surface area is 169 Å². The van der Waals surface area contributed by atoms with Gasteiger partial charge in [0.25, 0.3) is 0 Å². The number of para-hydroxylation sites is 1. The van der Waals surface area contributed by atoms with Crippen LogP contribution in [0.5, 0.6) is 0 Å². The summed E-state index contributed by atoms with van der Waals surface area (Å²) >= 11 is 0. The second kappa shape index (κ2) is 8.68. The van der Waals surface area contributed by atoms with Gasteiger partial charge in [0.2, 0.25) is 0 Å². The molecule has 1 atom stereocenters. The molecule has 6 heteroatoms. The van der Waals surface area contributed by atoms with E-state index in [1.54, 1.807) is 48.8 Å². The first-order valence-electron chi connectivity index (χ1n) is 9.70. The number of halogens is 2. The molecule has 1 fully saturated rings. The van der Waals surface area contributed by atoms with Crippen LogP contribution in [0.2, 0.25) is 0 Å². The van der Waals surface area contributed by atoms with Gasteiger partial charge in [-0.05, 0) is 18.2 Å². The number of pyridine rings is 1. The lowest BCUT2D eigenvalue weighted by molar-refractivity contribution is 0.217. The summed E-state index contributed by atoms with van der Waals surface area (Å²) in [6.07, 6.45) is 2.27. The monoisotopic (exact) mass is 395 g/mol. The van der Waals surface area contributed by atoms with E-state index in [1.807, 2.05) is 11.0 Å². The first-order chi connectivity index (χ1) is 14.1. The largest absolute Gasteiger partial charge is 0.384 e. The smallest absolute Gasteiger partial charge is 0.146 e. The Morgan fingerprint density at radius 3 is 2.38 bits per heavy atom. The Balaban J connectivity index is 1.51. The number of hydrogen-bond acceptors (Lipinski definition) is 4. The minimum absolute atomic E-state index is 0.203. The van der Waals surface area contributed by atoms with Crippen molar-refractivity contribution in [2.24, 2.45) is 0 Å². The lowest BCUT2D eigenvalue weighted by Crippen LogP contribution is -2.46. The predicted molar refractivity (Wildman–Crippen MR) is 109 cm³/mol. The van der Waals surface area contributed by atoms with Crippen molar-refractivity contribution in [2.75, 3.05) is 31.1 Å². The third-order valence-corrected chi connectivity index (χ3v) is 5.35. The number of anilines is 1. The van der Waals surface area contributed by atoms with Crippen LogP contribution in [-0.2, 0) is 6.54 Å². The fourth-order valence-corrected chi connectivity index (χ4v) is 3.80. The number of aromatic nitrogens is 1. The Hall–Kier alpha value is -2.83. The van der Waals surface area contributed by atoms with Crippen LogP contribution in [-0.4, -0.2) is 41.2 Å². The lowest BCUT2D eigenvalue weighted by atomic mass is 9.99. The van der Waals surface area contributed by atoms with E-state index in [2.05, 4.69) is 9.88 Å². The van der Waals surface area contributed by atoms with Gasteiger partial charge in [-0.25, -0.2) is 8.78 Å².